The van der Waals surface area contributed by atoms with Gasteiger partial charge in [0.1, 0.15) is 0 Å². The van der Waals surface area contributed by atoms with Crippen LogP contribution in [0.2, 0.25) is 0 Å². The molecule has 0 aliphatic carbocycles. The second kappa shape index (κ2) is 12.4. The van der Waals surface area contributed by atoms with Crippen LogP contribution in [0.15, 0.2) is 176 Å². The average Bonchev–Trinajstić information content (AvgIpc) is 3.73. The summed E-state index contributed by atoms with van der Waals surface area (Å²) in [5.74, 6) is 0.182. The molecule has 230 valence electrons. The molecule has 9 aromatic rings. The quantitative estimate of drug-likeness (QED) is 0.178. The van der Waals surface area contributed by atoms with Gasteiger partial charge in [0.2, 0.25) is 0 Å². The Balaban J connectivity index is 1.28. The van der Waals surface area contributed by atoms with Crippen LogP contribution in [0.3, 0.4) is 0 Å². The van der Waals surface area contributed by atoms with Gasteiger partial charge >= 0.3 is 0 Å². The maximum atomic E-state index is 9.55. The molecule has 0 aliphatic heterocycles. The highest BCUT2D eigenvalue weighted by molar-refractivity contribution is 7.25. The zero-order valence-corrected chi connectivity index (χ0v) is 26.1. The monoisotopic (exact) mass is 658 g/mol. The van der Waals surface area contributed by atoms with E-state index in [2.05, 4.69) is 4.98 Å². The third-order valence-corrected chi connectivity index (χ3v) is 8.80. The zero-order valence-electron chi connectivity index (χ0n) is 40.3. The minimum Gasteiger partial charge on any atom is -0.208 e. The molecular formula is C45H29N3S. The maximum absolute atomic E-state index is 9.55. The molecule has 0 radical (unpaired) electrons. The number of thiophene rings is 1. The van der Waals surface area contributed by atoms with Crippen LogP contribution in [0.4, 0.5) is 0 Å². The molecule has 9 rings (SSSR count). The summed E-state index contributed by atoms with van der Waals surface area (Å²) < 4.78 is 133. The molecule has 3 nitrogen and oxygen atoms in total. The van der Waals surface area contributed by atoms with Gasteiger partial charge in [-0.3, -0.25) is 0 Å². The fraction of sp³-hybridized carbons (Fsp3) is 0. The van der Waals surface area contributed by atoms with Crippen LogP contribution in [0.25, 0.3) is 87.7 Å². The van der Waals surface area contributed by atoms with Gasteiger partial charge in [-0.05, 0) is 57.6 Å². The number of fused-ring (bicyclic) bond motifs is 3. The van der Waals surface area contributed by atoms with E-state index >= 15 is 0 Å². The van der Waals surface area contributed by atoms with E-state index in [0.29, 0.717) is 11.1 Å². The Kier molecular flexibility index (Phi) is 4.37. The zero-order chi connectivity index (χ0) is 45.6. The first-order chi connectivity index (χ1) is 30.5. The number of rotatable bonds is 6. The van der Waals surface area contributed by atoms with E-state index < -0.39 is 113 Å². The summed E-state index contributed by atoms with van der Waals surface area (Å²) in [5, 5.41) is -0.301. The smallest absolute Gasteiger partial charge is 0.164 e. The van der Waals surface area contributed by atoms with Gasteiger partial charge in [0.25, 0.3) is 0 Å². The normalized spacial score (nSPS) is 15.6. The van der Waals surface area contributed by atoms with E-state index in [1.54, 1.807) is 24.3 Å². The van der Waals surface area contributed by atoms with Crippen molar-refractivity contribution >= 4 is 31.5 Å². The minimum absolute atomic E-state index is 0.0387. The highest BCUT2D eigenvalue weighted by Gasteiger charge is 2.14. The summed E-state index contributed by atoms with van der Waals surface area (Å²) >= 11 is 0.759. The number of nitrogens with zero attached hydrogens (tertiary/aromatic N) is 3. The van der Waals surface area contributed by atoms with Crippen LogP contribution in [-0.4, -0.2) is 15.0 Å². The van der Waals surface area contributed by atoms with Gasteiger partial charge < -0.3 is 0 Å². The fourth-order valence-corrected chi connectivity index (χ4v) is 6.34. The Morgan fingerprint density at radius 1 is 0.347 bits per heavy atom. The van der Waals surface area contributed by atoms with E-state index in [1.807, 2.05) is 60.7 Å². The Morgan fingerprint density at radius 3 is 1.61 bits per heavy atom. The molecule has 0 amide bonds. The third kappa shape index (κ3) is 5.69. The molecule has 0 saturated heterocycles. The van der Waals surface area contributed by atoms with Crippen molar-refractivity contribution in [1.29, 1.82) is 0 Å². The molecule has 4 heteroatoms. The van der Waals surface area contributed by atoms with Crippen molar-refractivity contribution in [3.05, 3.63) is 176 Å². The van der Waals surface area contributed by atoms with Crippen molar-refractivity contribution in [1.82, 2.24) is 15.0 Å². The summed E-state index contributed by atoms with van der Waals surface area (Å²) in [6, 6.07) is 16.7. The number of benzene rings is 7. The third-order valence-electron chi connectivity index (χ3n) is 7.78. The number of hydrogen-bond donors (Lipinski definition) is 0. The molecule has 2 aromatic heterocycles. The van der Waals surface area contributed by atoms with Crippen molar-refractivity contribution in [2.24, 2.45) is 0 Å². The van der Waals surface area contributed by atoms with E-state index in [1.165, 1.54) is 0 Å². The summed E-state index contributed by atoms with van der Waals surface area (Å²) in [7, 11) is 0. The van der Waals surface area contributed by atoms with Crippen LogP contribution in [0.1, 0.15) is 20.6 Å². The van der Waals surface area contributed by atoms with Crippen molar-refractivity contribution in [3.63, 3.8) is 0 Å². The average molecular weight is 659 g/mol. The topological polar surface area (TPSA) is 38.7 Å². The molecule has 49 heavy (non-hydrogen) atoms. The van der Waals surface area contributed by atoms with Crippen molar-refractivity contribution < 1.29 is 20.6 Å². The molecule has 0 fully saturated rings. The molecule has 0 saturated carbocycles. The number of aromatic nitrogens is 3. The van der Waals surface area contributed by atoms with Crippen LogP contribution in [0, 0.1) is 0 Å². The molecule has 2 heterocycles. The largest absolute Gasteiger partial charge is 0.208 e. The van der Waals surface area contributed by atoms with Crippen molar-refractivity contribution in [3.8, 4) is 67.5 Å². The lowest BCUT2D eigenvalue weighted by molar-refractivity contribution is 1.07. The van der Waals surface area contributed by atoms with Gasteiger partial charge in [-0.2, -0.15) is 0 Å². The van der Waals surface area contributed by atoms with Gasteiger partial charge in [-0.25, -0.2) is 15.0 Å². The second-order valence-electron chi connectivity index (χ2n) is 10.9. The minimum atomic E-state index is -0.712. The van der Waals surface area contributed by atoms with Gasteiger partial charge in [0.05, 0.1) is 20.6 Å². The van der Waals surface area contributed by atoms with Gasteiger partial charge in [0.15, 0.2) is 17.5 Å². The maximum Gasteiger partial charge on any atom is 0.164 e. The van der Waals surface area contributed by atoms with E-state index in [0.717, 1.165) is 22.5 Å². The van der Waals surface area contributed by atoms with Gasteiger partial charge in [0, 0.05) is 36.9 Å². The SMILES string of the molecule is [2H]c1c([2H])c([2H])c(-c2c([2H])c([2H])c3sc4c([2H])c(-c5c([2H])c([2H])c([2H])c(-c6nc(-c7ccccc7)nc(-c7ccc(-c8ccccc8)cc7)n6)c5[2H])c([2H])c([2H])c4c3c2[2H])c([2H])c1[2H]. The Labute approximate surface area is 310 Å². The highest BCUT2D eigenvalue weighted by Crippen LogP contribution is 2.39. The van der Waals surface area contributed by atoms with Crippen LogP contribution in [-0.2, 0) is 0 Å². The first-order valence-corrected chi connectivity index (χ1v) is 16.0. The Hall–Kier alpha value is -6.23. The molecule has 0 bridgehead atoms. The summed E-state index contributed by atoms with van der Waals surface area (Å²) in [6.07, 6.45) is 0. The Bertz CT molecular complexity index is 3410. The lowest BCUT2D eigenvalue weighted by atomic mass is 10.00. The highest BCUT2D eigenvalue weighted by atomic mass is 32.1. The standard InChI is InChI=1S/C45H29N3S/c1-4-11-30(12-5-1)32-19-21-34(22-20-32)44-46-43(33-15-8-3-9-16-33)47-45(48-44)38-18-10-17-35(27-38)37-23-25-39-40-28-36(31-13-6-2-7-14-31)24-26-41(40)49-42(39)29-37/h1-29H/i2D,6D,7D,10D,13D,14D,17D,18D,23D,24D,25D,26D,27D,28D,29D. The molecule has 0 atom stereocenters. The number of hydrogen-bond acceptors (Lipinski definition) is 4. The van der Waals surface area contributed by atoms with E-state index in [-0.39, 0.29) is 43.2 Å². The molecule has 7 aromatic carbocycles. The molecule has 0 aliphatic rings. The van der Waals surface area contributed by atoms with Crippen molar-refractivity contribution in [2.45, 2.75) is 0 Å². The molecule has 0 spiro atoms. The first-order valence-electron chi connectivity index (χ1n) is 22.6. The second-order valence-corrected chi connectivity index (χ2v) is 11.9. The van der Waals surface area contributed by atoms with Crippen molar-refractivity contribution in [2.75, 3.05) is 0 Å². The first kappa shape index (κ1) is 17.3. The summed E-state index contributed by atoms with van der Waals surface area (Å²) in [4.78, 5) is 14.1. The Morgan fingerprint density at radius 2 is 0.878 bits per heavy atom. The predicted octanol–water partition coefficient (Wildman–Crippen LogP) is 12.2. The lowest BCUT2D eigenvalue weighted by Crippen LogP contribution is -2.00. The lowest BCUT2D eigenvalue weighted by Gasteiger charge is -2.10. The fourth-order valence-electron chi connectivity index (χ4n) is 5.37. The van der Waals surface area contributed by atoms with Gasteiger partial charge in [-0.15, -0.1) is 11.3 Å². The molecule has 0 unspecified atom stereocenters. The predicted molar refractivity (Wildman–Crippen MR) is 205 cm³/mol. The van der Waals surface area contributed by atoms with E-state index in [9.17, 15) is 6.85 Å². The van der Waals surface area contributed by atoms with Crippen LogP contribution >= 0.6 is 11.3 Å². The van der Waals surface area contributed by atoms with Crippen LogP contribution < -0.4 is 0 Å². The van der Waals surface area contributed by atoms with Gasteiger partial charge in [-0.1, -0.05) is 151 Å². The molecule has 0 N–H and O–H groups in total. The van der Waals surface area contributed by atoms with E-state index in [4.69, 9.17) is 23.7 Å². The molecular weight excluding hydrogens is 615 g/mol. The van der Waals surface area contributed by atoms with Crippen LogP contribution in [0.5, 0.6) is 0 Å². The summed E-state index contributed by atoms with van der Waals surface area (Å²) in [6.45, 7) is 0. The summed E-state index contributed by atoms with van der Waals surface area (Å²) in [5.41, 5.74) is 1.03.